The number of hydrogen-bond acceptors (Lipinski definition) is 4. The van der Waals surface area contributed by atoms with Crippen LogP contribution in [0.2, 0.25) is 10.0 Å². The third-order valence-corrected chi connectivity index (χ3v) is 4.27. The maximum Gasteiger partial charge on any atom is 0.417 e. The van der Waals surface area contributed by atoms with Gasteiger partial charge >= 0.3 is 6.18 Å². The largest absolute Gasteiger partial charge is 0.417 e. The molecule has 0 amide bonds. The fraction of sp³-hybridized carbons (Fsp3) is 0.333. The van der Waals surface area contributed by atoms with Crippen LogP contribution in [0.1, 0.15) is 5.56 Å². The number of rotatable bonds is 2. The van der Waals surface area contributed by atoms with Gasteiger partial charge in [0.25, 0.3) is 0 Å². The van der Waals surface area contributed by atoms with E-state index in [0.717, 1.165) is 18.1 Å². The van der Waals surface area contributed by atoms with Crippen molar-refractivity contribution in [1.29, 1.82) is 0 Å². The lowest BCUT2D eigenvalue weighted by atomic mass is 10.2. The van der Waals surface area contributed by atoms with Crippen LogP contribution in [0.15, 0.2) is 30.6 Å². The Morgan fingerprint density at radius 3 is 2.12 bits per heavy atom. The van der Waals surface area contributed by atoms with E-state index in [1.54, 1.807) is 12.3 Å². The van der Waals surface area contributed by atoms with E-state index in [2.05, 4.69) is 14.9 Å². The first-order valence-electron chi connectivity index (χ1n) is 7.19. The van der Waals surface area contributed by atoms with E-state index >= 15 is 0 Å². The van der Waals surface area contributed by atoms with Crippen molar-refractivity contribution >= 4 is 34.8 Å². The van der Waals surface area contributed by atoms with Crippen LogP contribution < -0.4 is 9.80 Å². The number of pyridine rings is 2. The molecule has 0 saturated carbocycles. The van der Waals surface area contributed by atoms with Crippen LogP contribution in [0.3, 0.4) is 0 Å². The first-order chi connectivity index (χ1) is 11.3. The van der Waals surface area contributed by atoms with Gasteiger partial charge in [-0.25, -0.2) is 9.97 Å². The molecule has 0 bridgehead atoms. The number of anilines is 2. The molecule has 4 nitrogen and oxygen atoms in total. The van der Waals surface area contributed by atoms with E-state index in [1.165, 1.54) is 0 Å². The van der Waals surface area contributed by atoms with Crippen molar-refractivity contribution in [2.45, 2.75) is 6.18 Å². The first-order valence-corrected chi connectivity index (χ1v) is 7.94. The summed E-state index contributed by atoms with van der Waals surface area (Å²) in [6, 6.07) is 4.52. The Morgan fingerprint density at radius 1 is 0.917 bits per heavy atom. The summed E-state index contributed by atoms with van der Waals surface area (Å²) in [7, 11) is 0. The zero-order valence-electron chi connectivity index (χ0n) is 12.4. The van der Waals surface area contributed by atoms with E-state index in [4.69, 9.17) is 23.2 Å². The zero-order chi connectivity index (χ0) is 17.3. The van der Waals surface area contributed by atoms with E-state index in [9.17, 15) is 13.2 Å². The van der Waals surface area contributed by atoms with Crippen molar-refractivity contribution in [2.75, 3.05) is 36.0 Å². The number of alkyl halides is 3. The third-order valence-electron chi connectivity index (χ3n) is 3.76. The molecule has 0 N–H and O–H groups in total. The molecule has 0 unspecified atom stereocenters. The molecule has 1 aliphatic heterocycles. The van der Waals surface area contributed by atoms with Gasteiger partial charge in [0.15, 0.2) is 0 Å². The molecular weight excluding hydrogens is 364 g/mol. The molecule has 2 aromatic heterocycles. The molecule has 128 valence electrons. The van der Waals surface area contributed by atoms with Gasteiger partial charge in [-0.1, -0.05) is 23.2 Å². The maximum absolute atomic E-state index is 12.7. The molecule has 0 spiro atoms. The van der Waals surface area contributed by atoms with Crippen molar-refractivity contribution in [3.8, 4) is 0 Å². The molecule has 0 radical (unpaired) electrons. The highest BCUT2D eigenvalue weighted by atomic mass is 35.5. The SMILES string of the molecule is FC(F)(F)c1cnc(N2CCN(c3ccc(Cl)cn3)CC2)c(Cl)c1. The minimum Gasteiger partial charge on any atom is -0.353 e. The molecule has 9 heteroatoms. The van der Waals surface area contributed by atoms with Crippen molar-refractivity contribution in [3.05, 3.63) is 46.2 Å². The highest BCUT2D eigenvalue weighted by molar-refractivity contribution is 6.33. The number of hydrogen-bond donors (Lipinski definition) is 0. The van der Waals surface area contributed by atoms with Crippen LogP contribution in [0.25, 0.3) is 0 Å². The summed E-state index contributed by atoms with van der Waals surface area (Å²) in [5, 5.41) is 0.570. The number of piperazine rings is 1. The Bertz CT molecular complexity index is 714. The normalized spacial score (nSPS) is 15.7. The van der Waals surface area contributed by atoms with Gasteiger partial charge in [-0.05, 0) is 18.2 Å². The van der Waals surface area contributed by atoms with Crippen molar-refractivity contribution in [3.63, 3.8) is 0 Å². The molecule has 2 aromatic rings. The smallest absolute Gasteiger partial charge is 0.353 e. The minimum atomic E-state index is -4.45. The predicted molar refractivity (Wildman–Crippen MR) is 87.9 cm³/mol. The van der Waals surface area contributed by atoms with Gasteiger partial charge in [-0.2, -0.15) is 13.2 Å². The van der Waals surface area contributed by atoms with E-state index in [1.807, 2.05) is 11.0 Å². The summed E-state index contributed by atoms with van der Waals surface area (Å²) >= 11 is 11.8. The molecule has 0 aromatic carbocycles. The second kappa shape index (κ2) is 6.64. The average Bonchev–Trinajstić information content (AvgIpc) is 2.55. The molecule has 1 aliphatic rings. The second-order valence-corrected chi connectivity index (χ2v) is 6.18. The average molecular weight is 377 g/mol. The number of nitrogens with zero attached hydrogens (tertiary/aromatic N) is 4. The monoisotopic (exact) mass is 376 g/mol. The Kier molecular flexibility index (Phi) is 4.73. The lowest BCUT2D eigenvalue weighted by molar-refractivity contribution is -0.137. The lowest BCUT2D eigenvalue weighted by Gasteiger charge is -2.36. The van der Waals surface area contributed by atoms with Crippen molar-refractivity contribution < 1.29 is 13.2 Å². The number of aromatic nitrogens is 2. The maximum atomic E-state index is 12.7. The van der Waals surface area contributed by atoms with Crippen LogP contribution >= 0.6 is 23.2 Å². The van der Waals surface area contributed by atoms with E-state index < -0.39 is 11.7 Å². The van der Waals surface area contributed by atoms with Gasteiger partial charge in [0.2, 0.25) is 0 Å². The molecule has 3 heterocycles. The third kappa shape index (κ3) is 3.67. The molecule has 1 fully saturated rings. The van der Waals surface area contributed by atoms with Gasteiger partial charge < -0.3 is 9.80 Å². The summed E-state index contributed by atoms with van der Waals surface area (Å²) in [5.74, 6) is 1.18. The summed E-state index contributed by atoms with van der Waals surface area (Å²) < 4.78 is 38.0. The molecule has 0 aliphatic carbocycles. The quantitative estimate of drug-likeness (QED) is 0.788. The van der Waals surface area contributed by atoms with E-state index in [0.29, 0.717) is 37.0 Å². The predicted octanol–water partition coefficient (Wildman–Crippen LogP) is 4.13. The fourth-order valence-electron chi connectivity index (χ4n) is 2.52. The van der Waals surface area contributed by atoms with Gasteiger partial charge in [0.05, 0.1) is 15.6 Å². The Balaban J connectivity index is 1.69. The second-order valence-electron chi connectivity index (χ2n) is 5.34. The zero-order valence-corrected chi connectivity index (χ0v) is 13.9. The van der Waals surface area contributed by atoms with Crippen LogP contribution in [0, 0.1) is 0 Å². The molecule has 3 rings (SSSR count). The molecular formula is C15H13Cl2F3N4. The highest BCUT2D eigenvalue weighted by Crippen LogP contribution is 2.33. The van der Waals surface area contributed by atoms with Gasteiger partial charge in [0.1, 0.15) is 11.6 Å². The molecule has 24 heavy (non-hydrogen) atoms. The van der Waals surface area contributed by atoms with Crippen molar-refractivity contribution in [1.82, 2.24) is 9.97 Å². The van der Waals surface area contributed by atoms with Crippen LogP contribution in [0.4, 0.5) is 24.8 Å². The molecule has 0 atom stereocenters. The standard InChI is InChI=1S/C15H13Cl2F3N4/c16-11-1-2-13(21-9-11)23-3-5-24(6-4-23)14-12(17)7-10(8-22-14)15(18,19)20/h1-2,7-9H,3-6H2. The fourth-order valence-corrected chi connectivity index (χ4v) is 2.92. The number of halogens is 5. The Hall–Kier alpha value is -1.73. The van der Waals surface area contributed by atoms with Gasteiger partial charge in [0, 0.05) is 38.6 Å². The van der Waals surface area contributed by atoms with Crippen LogP contribution in [-0.2, 0) is 6.18 Å². The summed E-state index contributed by atoms with van der Waals surface area (Å²) in [5.41, 5.74) is -0.847. The van der Waals surface area contributed by atoms with Crippen LogP contribution in [-0.4, -0.2) is 36.1 Å². The highest BCUT2D eigenvalue weighted by Gasteiger charge is 2.32. The Labute approximate surface area is 146 Å². The topological polar surface area (TPSA) is 32.3 Å². The lowest BCUT2D eigenvalue weighted by Crippen LogP contribution is -2.47. The minimum absolute atomic E-state index is 0.00268. The summed E-state index contributed by atoms with van der Waals surface area (Å²) in [6.45, 7) is 2.49. The van der Waals surface area contributed by atoms with Gasteiger partial charge in [-0.15, -0.1) is 0 Å². The first kappa shape index (κ1) is 17.1. The van der Waals surface area contributed by atoms with E-state index in [-0.39, 0.29) is 5.02 Å². The summed E-state index contributed by atoms with van der Waals surface area (Å²) in [4.78, 5) is 12.1. The van der Waals surface area contributed by atoms with Gasteiger partial charge in [-0.3, -0.25) is 0 Å². The molecule has 1 saturated heterocycles. The van der Waals surface area contributed by atoms with Crippen LogP contribution in [0.5, 0.6) is 0 Å². The Morgan fingerprint density at radius 2 is 1.58 bits per heavy atom. The summed E-state index contributed by atoms with van der Waals surface area (Å²) in [6.07, 6.45) is -2.06. The van der Waals surface area contributed by atoms with Crippen molar-refractivity contribution in [2.24, 2.45) is 0 Å².